The molecule has 0 heterocycles. The maximum absolute atomic E-state index is 13.2. The number of rotatable bonds is 6. The third-order valence-corrected chi connectivity index (χ3v) is 4.83. The quantitative estimate of drug-likeness (QED) is 0.678. The van der Waals surface area contributed by atoms with Crippen molar-refractivity contribution in [2.75, 3.05) is 5.32 Å². The zero-order valence-corrected chi connectivity index (χ0v) is 15.5. The van der Waals surface area contributed by atoms with Crippen LogP contribution in [0.1, 0.15) is 40.2 Å². The lowest BCUT2D eigenvalue weighted by atomic mass is 9.90. The van der Waals surface area contributed by atoms with Crippen molar-refractivity contribution >= 4 is 17.5 Å². The van der Waals surface area contributed by atoms with Gasteiger partial charge in [0.05, 0.1) is 5.92 Å². The predicted molar refractivity (Wildman–Crippen MR) is 110 cm³/mol. The molecule has 2 amide bonds. The van der Waals surface area contributed by atoms with Crippen molar-refractivity contribution in [1.82, 2.24) is 5.32 Å². The van der Waals surface area contributed by atoms with Crippen LogP contribution in [0.5, 0.6) is 0 Å². The van der Waals surface area contributed by atoms with Gasteiger partial charge in [0, 0.05) is 17.3 Å². The molecule has 3 aromatic rings. The molecule has 0 aromatic heterocycles. The molecule has 4 rings (SSSR count). The molecule has 0 aliphatic heterocycles. The number of amides is 2. The van der Waals surface area contributed by atoms with Gasteiger partial charge in [0.25, 0.3) is 5.91 Å². The minimum atomic E-state index is -0.425. The zero-order chi connectivity index (χ0) is 19.3. The van der Waals surface area contributed by atoms with Gasteiger partial charge >= 0.3 is 0 Å². The molecule has 4 heteroatoms. The van der Waals surface area contributed by atoms with Gasteiger partial charge in [-0.1, -0.05) is 66.7 Å². The molecule has 1 aliphatic carbocycles. The van der Waals surface area contributed by atoms with Gasteiger partial charge in [-0.3, -0.25) is 9.59 Å². The van der Waals surface area contributed by atoms with E-state index in [1.165, 1.54) is 0 Å². The van der Waals surface area contributed by atoms with Crippen LogP contribution >= 0.6 is 0 Å². The Bertz CT molecular complexity index is 927. The van der Waals surface area contributed by atoms with E-state index in [0.29, 0.717) is 17.3 Å². The fraction of sp³-hybridized carbons (Fsp3) is 0.167. The van der Waals surface area contributed by atoms with Crippen molar-refractivity contribution in [3.8, 4) is 0 Å². The van der Waals surface area contributed by atoms with E-state index in [1.807, 2.05) is 60.7 Å². The predicted octanol–water partition coefficient (Wildman–Crippen LogP) is 4.35. The topological polar surface area (TPSA) is 58.2 Å². The van der Waals surface area contributed by atoms with Crippen LogP contribution in [0.3, 0.4) is 0 Å². The second kappa shape index (κ2) is 8.09. The number of carbonyl (C=O) groups is 2. The molecule has 0 spiro atoms. The smallest absolute Gasteiger partial charge is 0.251 e. The summed E-state index contributed by atoms with van der Waals surface area (Å²) in [6.45, 7) is 0. The molecule has 0 saturated heterocycles. The Morgan fingerprint density at radius 1 is 0.786 bits per heavy atom. The lowest BCUT2D eigenvalue weighted by Crippen LogP contribution is -2.26. The molecule has 2 N–H and O–H groups in total. The van der Waals surface area contributed by atoms with Crippen molar-refractivity contribution in [1.29, 1.82) is 0 Å². The lowest BCUT2D eigenvalue weighted by Gasteiger charge is -2.18. The summed E-state index contributed by atoms with van der Waals surface area (Å²) < 4.78 is 0. The second-order valence-electron chi connectivity index (χ2n) is 7.07. The number of carbonyl (C=O) groups excluding carboxylic acids is 2. The van der Waals surface area contributed by atoms with Gasteiger partial charge in [0.1, 0.15) is 0 Å². The second-order valence-corrected chi connectivity index (χ2v) is 7.07. The van der Waals surface area contributed by atoms with Crippen LogP contribution < -0.4 is 10.6 Å². The summed E-state index contributed by atoms with van der Waals surface area (Å²) in [6, 6.07) is 26.8. The van der Waals surface area contributed by atoms with Crippen molar-refractivity contribution < 1.29 is 9.59 Å². The molecule has 0 radical (unpaired) electrons. The highest BCUT2D eigenvalue weighted by atomic mass is 16.2. The number of anilines is 1. The van der Waals surface area contributed by atoms with E-state index in [0.717, 1.165) is 24.0 Å². The van der Waals surface area contributed by atoms with E-state index in [-0.39, 0.29) is 11.8 Å². The Balaban J connectivity index is 1.57. The molecule has 1 aliphatic rings. The molecule has 28 heavy (non-hydrogen) atoms. The third kappa shape index (κ3) is 4.29. The van der Waals surface area contributed by atoms with E-state index < -0.39 is 5.92 Å². The Kier molecular flexibility index (Phi) is 5.20. The van der Waals surface area contributed by atoms with Crippen molar-refractivity contribution in [2.45, 2.75) is 24.8 Å². The summed E-state index contributed by atoms with van der Waals surface area (Å²) in [7, 11) is 0. The zero-order valence-electron chi connectivity index (χ0n) is 15.5. The van der Waals surface area contributed by atoms with Gasteiger partial charge in [0.15, 0.2) is 0 Å². The number of benzene rings is 3. The van der Waals surface area contributed by atoms with Crippen molar-refractivity contribution in [3.05, 3.63) is 102 Å². The first-order valence-electron chi connectivity index (χ1n) is 9.52. The first-order chi connectivity index (χ1) is 13.7. The Hall–Kier alpha value is -3.40. The Morgan fingerprint density at radius 3 is 1.96 bits per heavy atom. The highest BCUT2D eigenvalue weighted by Crippen LogP contribution is 2.26. The van der Waals surface area contributed by atoms with Crippen LogP contribution in [0.15, 0.2) is 84.9 Å². The molecular weight excluding hydrogens is 348 g/mol. The minimum Gasteiger partial charge on any atom is -0.349 e. The van der Waals surface area contributed by atoms with Gasteiger partial charge in [-0.2, -0.15) is 0 Å². The SMILES string of the molecule is O=C(NC1CC1)c1cccc(NC(=O)C(c2ccccc2)c2ccccc2)c1. The Morgan fingerprint density at radius 2 is 1.39 bits per heavy atom. The molecule has 0 bridgehead atoms. The minimum absolute atomic E-state index is 0.0960. The number of nitrogens with one attached hydrogen (secondary N) is 2. The van der Waals surface area contributed by atoms with Gasteiger partial charge in [-0.25, -0.2) is 0 Å². The van der Waals surface area contributed by atoms with Gasteiger partial charge in [-0.15, -0.1) is 0 Å². The highest BCUT2D eigenvalue weighted by molar-refractivity contribution is 6.00. The summed E-state index contributed by atoms with van der Waals surface area (Å²) in [4.78, 5) is 25.5. The van der Waals surface area contributed by atoms with Crippen LogP contribution in [-0.2, 0) is 4.79 Å². The molecule has 1 fully saturated rings. The average Bonchev–Trinajstić information content (AvgIpc) is 3.54. The first-order valence-corrected chi connectivity index (χ1v) is 9.52. The fourth-order valence-corrected chi connectivity index (χ4v) is 3.24. The van der Waals surface area contributed by atoms with E-state index in [9.17, 15) is 9.59 Å². The summed E-state index contributed by atoms with van der Waals surface area (Å²) in [5, 5.41) is 5.96. The van der Waals surface area contributed by atoms with Crippen LogP contribution in [0, 0.1) is 0 Å². The lowest BCUT2D eigenvalue weighted by molar-refractivity contribution is -0.116. The van der Waals surface area contributed by atoms with Crippen LogP contribution in [0.25, 0.3) is 0 Å². The molecule has 140 valence electrons. The van der Waals surface area contributed by atoms with Crippen LogP contribution in [0.4, 0.5) is 5.69 Å². The van der Waals surface area contributed by atoms with Gasteiger partial charge in [-0.05, 0) is 42.2 Å². The van der Waals surface area contributed by atoms with E-state index >= 15 is 0 Å². The summed E-state index contributed by atoms with van der Waals surface area (Å²) in [6.07, 6.45) is 2.08. The summed E-state index contributed by atoms with van der Waals surface area (Å²) in [5.41, 5.74) is 3.02. The van der Waals surface area contributed by atoms with E-state index in [2.05, 4.69) is 10.6 Å². The molecule has 0 unspecified atom stereocenters. The molecule has 0 atom stereocenters. The van der Waals surface area contributed by atoms with Crippen LogP contribution in [0.2, 0.25) is 0 Å². The van der Waals surface area contributed by atoms with Crippen LogP contribution in [-0.4, -0.2) is 17.9 Å². The van der Waals surface area contributed by atoms with Gasteiger partial charge < -0.3 is 10.6 Å². The first kappa shape index (κ1) is 18.0. The molecule has 4 nitrogen and oxygen atoms in total. The fourth-order valence-electron chi connectivity index (χ4n) is 3.24. The maximum Gasteiger partial charge on any atom is 0.251 e. The largest absolute Gasteiger partial charge is 0.349 e. The maximum atomic E-state index is 13.2. The molecule has 3 aromatic carbocycles. The van der Waals surface area contributed by atoms with E-state index in [1.54, 1.807) is 24.3 Å². The summed E-state index contributed by atoms with van der Waals surface area (Å²) in [5.74, 6) is -0.648. The van der Waals surface area contributed by atoms with Crippen molar-refractivity contribution in [3.63, 3.8) is 0 Å². The number of hydrogen-bond donors (Lipinski definition) is 2. The third-order valence-electron chi connectivity index (χ3n) is 4.83. The normalized spacial score (nSPS) is 13.2. The molecular formula is C24H22N2O2. The average molecular weight is 370 g/mol. The van der Waals surface area contributed by atoms with Gasteiger partial charge in [0.2, 0.25) is 5.91 Å². The Labute approximate surface area is 164 Å². The summed E-state index contributed by atoms with van der Waals surface area (Å²) >= 11 is 0. The molecule has 1 saturated carbocycles. The highest BCUT2D eigenvalue weighted by Gasteiger charge is 2.25. The van der Waals surface area contributed by atoms with E-state index in [4.69, 9.17) is 0 Å². The van der Waals surface area contributed by atoms with Crippen molar-refractivity contribution in [2.24, 2.45) is 0 Å². The standard InChI is InChI=1S/C24H22N2O2/c27-23(25-20-14-15-20)19-12-7-13-21(16-19)26-24(28)22(17-8-3-1-4-9-17)18-10-5-2-6-11-18/h1-13,16,20,22H,14-15H2,(H,25,27)(H,26,28). The number of hydrogen-bond acceptors (Lipinski definition) is 2. The monoisotopic (exact) mass is 370 g/mol.